The Labute approximate surface area is 149 Å². The predicted molar refractivity (Wildman–Crippen MR) is 96.5 cm³/mol. The van der Waals surface area contributed by atoms with Crippen LogP contribution in [0.2, 0.25) is 0 Å². The van der Waals surface area contributed by atoms with E-state index in [0.29, 0.717) is 17.1 Å². The van der Waals surface area contributed by atoms with Gasteiger partial charge in [0, 0.05) is 43.7 Å². The number of rotatable bonds is 7. The minimum absolute atomic E-state index is 0.160. The van der Waals surface area contributed by atoms with E-state index in [1.54, 1.807) is 37.2 Å². The summed E-state index contributed by atoms with van der Waals surface area (Å²) in [7, 11) is 3.46. The van der Waals surface area contributed by atoms with Crippen molar-refractivity contribution in [1.82, 2.24) is 0 Å². The second kappa shape index (κ2) is 7.97. The highest BCUT2D eigenvalue weighted by molar-refractivity contribution is 6.08. The molecule has 0 fully saturated rings. The highest BCUT2D eigenvalue weighted by Crippen LogP contribution is 2.26. The Bertz CT molecular complexity index is 851. The van der Waals surface area contributed by atoms with Gasteiger partial charge in [0.15, 0.2) is 6.61 Å². The number of hydrogen-bond donors (Lipinski definition) is 2. The van der Waals surface area contributed by atoms with E-state index in [-0.39, 0.29) is 17.9 Å². The zero-order valence-electron chi connectivity index (χ0n) is 14.3. The summed E-state index contributed by atoms with van der Waals surface area (Å²) < 4.78 is 5.18. The third kappa shape index (κ3) is 4.69. The van der Waals surface area contributed by atoms with Crippen molar-refractivity contribution in [3.05, 3.63) is 58.1 Å². The molecule has 0 saturated heterocycles. The summed E-state index contributed by atoms with van der Waals surface area (Å²) in [4.78, 5) is 35.5. The van der Waals surface area contributed by atoms with E-state index in [1.165, 1.54) is 24.3 Å². The Hall–Kier alpha value is -3.62. The molecule has 0 spiro atoms. The zero-order valence-corrected chi connectivity index (χ0v) is 14.3. The number of anilines is 2. The van der Waals surface area contributed by atoms with Crippen molar-refractivity contribution in [3.63, 3.8) is 0 Å². The molecular weight excluding hydrogens is 340 g/mol. The van der Waals surface area contributed by atoms with Crippen LogP contribution in [0.1, 0.15) is 10.4 Å². The fourth-order valence-electron chi connectivity index (χ4n) is 2.23. The third-order valence-electron chi connectivity index (χ3n) is 3.39. The number of benzene rings is 2. The summed E-state index contributed by atoms with van der Waals surface area (Å²) in [6.45, 7) is -0.285. The number of nitro groups is 1. The summed E-state index contributed by atoms with van der Waals surface area (Å²) in [6.07, 6.45) is 0. The van der Waals surface area contributed by atoms with Crippen LogP contribution in [0.3, 0.4) is 0 Å². The quantitative estimate of drug-likeness (QED) is 0.573. The standard InChI is InChI=1S/C17H18N4O5/c1-20(2)15-7-6-12(21(24)25)9-14(15)17(23)19-11-4-3-5-13(8-11)26-10-16(18)22/h3-9H,10H2,1-2H3,(H2,18,22)(H,19,23). The summed E-state index contributed by atoms with van der Waals surface area (Å²) in [5, 5.41) is 13.7. The summed E-state index contributed by atoms with van der Waals surface area (Å²) in [5.41, 5.74) is 5.95. The molecule has 0 radical (unpaired) electrons. The van der Waals surface area contributed by atoms with Crippen LogP contribution >= 0.6 is 0 Å². The average Bonchev–Trinajstić information content (AvgIpc) is 2.59. The van der Waals surface area contributed by atoms with E-state index in [2.05, 4.69) is 5.32 Å². The van der Waals surface area contributed by atoms with Crippen LogP contribution in [-0.2, 0) is 4.79 Å². The number of carbonyl (C=O) groups excluding carboxylic acids is 2. The minimum Gasteiger partial charge on any atom is -0.484 e. The Kier molecular flexibility index (Phi) is 5.74. The number of nitrogens with zero attached hydrogens (tertiary/aromatic N) is 2. The maximum Gasteiger partial charge on any atom is 0.270 e. The molecule has 26 heavy (non-hydrogen) atoms. The Morgan fingerprint density at radius 3 is 2.58 bits per heavy atom. The van der Waals surface area contributed by atoms with E-state index < -0.39 is 16.7 Å². The highest BCUT2D eigenvalue weighted by Gasteiger charge is 2.18. The van der Waals surface area contributed by atoms with Crippen molar-refractivity contribution in [3.8, 4) is 5.75 Å². The molecule has 2 rings (SSSR count). The van der Waals surface area contributed by atoms with Gasteiger partial charge in [-0.05, 0) is 18.2 Å². The summed E-state index contributed by atoms with van der Waals surface area (Å²) in [5.74, 6) is -0.774. The second-order valence-corrected chi connectivity index (χ2v) is 5.59. The average molecular weight is 358 g/mol. The molecule has 0 aliphatic heterocycles. The molecule has 0 bridgehead atoms. The van der Waals surface area contributed by atoms with E-state index in [1.807, 2.05) is 0 Å². The van der Waals surface area contributed by atoms with Crippen molar-refractivity contribution >= 4 is 28.9 Å². The summed E-state index contributed by atoms with van der Waals surface area (Å²) >= 11 is 0. The van der Waals surface area contributed by atoms with Gasteiger partial charge < -0.3 is 20.7 Å². The molecule has 9 nitrogen and oxygen atoms in total. The van der Waals surface area contributed by atoms with Crippen LogP contribution in [0.15, 0.2) is 42.5 Å². The van der Waals surface area contributed by atoms with Gasteiger partial charge in [-0.15, -0.1) is 0 Å². The Morgan fingerprint density at radius 1 is 1.23 bits per heavy atom. The molecule has 2 aromatic rings. The van der Waals surface area contributed by atoms with Crippen LogP contribution in [0.5, 0.6) is 5.75 Å². The van der Waals surface area contributed by atoms with Crippen LogP contribution < -0.4 is 20.7 Å². The molecule has 0 aliphatic rings. The van der Waals surface area contributed by atoms with Crippen LogP contribution in [0, 0.1) is 10.1 Å². The maximum absolute atomic E-state index is 12.6. The van der Waals surface area contributed by atoms with Crippen LogP contribution in [-0.4, -0.2) is 37.4 Å². The number of nitrogens with one attached hydrogen (secondary N) is 1. The van der Waals surface area contributed by atoms with Gasteiger partial charge in [-0.25, -0.2) is 0 Å². The van der Waals surface area contributed by atoms with E-state index in [4.69, 9.17) is 10.5 Å². The highest BCUT2D eigenvalue weighted by atomic mass is 16.6. The SMILES string of the molecule is CN(C)c1ccc([N+](=O)[O-])cc1C(=O)Nc1cccc(OCC(N)=O)c1. The van der Waals surface area contributed by atoms with E-state index >= 15 is 0 Å². The lowest BCUT2D eigenvalue weighted by Crippen LogP contribution is -2.20. The lowest BCUT2D eigenvalue weighted by molar-refractivity contribution is -0.384. The molecule has 0 aromatic heterocycles. The zero-order chi connectivity index (χ0) is 19.3. The van der Waals surface area contributed by atoms with Gasteiger partial charge in [-0.3, -0.25) is 19.7 Å². The molecule has 0 saturated carbocycles. The van der Waals surface area contributed by atoms with Gasteiger partial charge >= 0.3 is 0 Å². The molecule has 2 aromatic carbocycles. The van der Waals surface area contributed by atoms with Gasteiger partial charge in [-0.1, -0.05) is 6.07 Å². The molecule has 9 heteroatoms. The first-order chi connectivity index (χ1) is 12.3. The third-order valence-corrected chi connectivity index (χ3v) is 3.39. The number of hydrogen-bond acceptors (Lipinski definition) is 6. The first kappa shape index (κ1) is 18.7. The number of primary amides is 1. The molecule has 0 unspecified atom stereocenters. The number of ether oxygens (including phenoxy) is 1. The van der Waals surface area contributed by atoms with E-state index in [0.717, 1.165) is 0 Å². The largest absolute Gasteiger partial charge is 0.484 e. The van der Waals surface area contributed by atoms with Crippen molar-refractivity contribution in [2.45, 2.75) is 0 Å². The van der Waals surface area contributed by atoms with Gasteiger partial charge in [0.05, 0.1) is 10.5 Å². The van der Waals surface area contributed by atoms with Crippen molar-refractivity contribution in [1.29, 1.82) is 0 Å². The monoisotopic (exact) mass is 358 g/mol. The lowest BCUT2D eigenvalue weighted by Gasteiger charge is -2.17. The molecule has 0 atom stereocenters. The first-order valence-corrected chi connectivity index (χ1v) is 7.56. The number of nitrogens with two attached hydrogens (primary N) is 1. The van der Waals surface area contributed by atoms with Crippen LogP contribution in [0.25, 0.3) is 0 Å². The van der Waals surface area contributed by atoms with Crippen LogP contribution in [0.4, 0.5) is 17.1 Å². The maximum atomic E-state index is 12.6. The Morgan fingerprint density at radius 2 is 1.96 bits per heavy atom. The van der Waals surface area contributed by atoms with Gasteiger partial charge in [-0.2, -0.15) is 0 Å². The smallest absolute Gasteiger partial charge is 0.270 e. The molecule has 3 N–H and O–H groups in total. The topological polar surface area (TPSA) is 128 Å². The molecule has 0 aliphatic carbocycles. The fraction of sp³-hybridized carbons (Fsp3) is 0.176. The number of carbonyl (C=O) groups is 2. The molecule has 0 heterocycles. The Balaban J connectivity index is 2.26. The van der Waals surface area contributed by atoms with Gasteiger partial charge in [0.25, 0.3) is 17.5 Å². The lowest BCUT2D eigenvalue weighted by atomic mass is 10.1. The molecular formula is C17H18N4O5. The van der Waals surface area contributed by atoms with Crippen molar-refractivity contribution < 1.29 is 19.2 Å². The predicted octanol–water partition coefficient (Wildman–Crippen LogP) is 1.78. The van der Waals surface area contributed by atoms with E-state index in [9.17, 15) is 19.7 Å². The van der Waals surface area contributed by atoms with Gasteiger partial charge in [0.2, 0.25) is 0 Å². The van der Waals surface area contributed by atoms with Crippen molar-refractivity contribution in [2.75, 3.05) is 30.9 Å². The molecule has 136 valence electrons. The number of non-ortho nitro benzene ring substituents is 1. The first-order valence-electron chi connectivity index (χ1n) is 7.56. The summed E-state index contributed by atoms with van der Waals surface area (Å²) in [6, 6.07) is 10.5. The van der Waals surface area contributed by atoms with Gasteiger partial charge in [0.1, 0.15) is 5.75 Å². The normalized spacial score (nSPS) is 10.1. The number of amides is 2. The minimum atomic E-state index is -0.619. The van der Waals surface area contributed by atoms with Crippen molar-refractivity contribution in [2.24, 2.45) is 5.73 Å². The number of nitro benzene ring substituents is 1. The molecule has 2 amide bonds. The fourth-order valence-corrected chi connectivity index (χ4v) is 2.23. The second-order valence-electron chi connectivity index (χ2n) is 5.59.